The molecule has 1 N–H and O–H groups in total. The summed E-state index contributed by atoms with van der Waals surface area (Å²) in [7, 11) is 0. The molecule has 0 aliphatic heterocycles. The summed E-state index contributed by atoms with van der Waals surface area (Å²) in [6, 6.07) is 4.05. The first-order valence-corrected chi connectivity index (χ1v) is 4.22. The van der Waals surface area contributed by atoms with Crippen LogP contribution in [0.3, 0.4) is 0 Å². The van der Waals surface area contributed by atoms with Gasteiger partial charge in [0.05, 0.1) is 0 Å². The molecular formula is C9H6F5NO2. The Balaban J connectivity index is 2.66. The number of benzene rings is 1. The maximum atomic E-state index is 11.9. The number of carbonyl (C=O) groups is 1. The number of amides is 1. The Morgan fingerprint density at radius 3 is 2.12 bits per heavy atom. The lowest BCUT2D eigenvalue weighted by atomic mass is 10.3. The van der Waals surface area contributed by atoms with Crippen molar-refractivity contribution in [2.45, 2.75) is 12.8 Å². The SMILES string of the molecule is O=C(Nc1ccc(OC(F)F)cc1)C(F)(F)F. The molecule has 1 aromatic rings. The molecule has 0 heterocycles. The third-order valence-corrected chi connectivity index (χ3v) is 1.59. The fourth-order valence-corrected chi connectivity index (χ4v) is 0.922. The van der Waals surface area contributed by atoms with Gasteiger partial charge in [-0.2, -0.15) is 22.0 Å². The van der Waals surface area contributed by atoms with E-state index in [1.807, 2.05) is 0 Å². The van der Waals surface area contributed by atoms with Crippen LogP contribution in [-0.4, -0.2) is 18.7 Å². The molecule has 0 saturated heterocycles. The smallest absolute Gasteiger partial charge is 0.435 e. The first-order valence-electron chi connectivity index (χ1n) is 4.22. The van der Waals surface area contributed by atoms with Crippen molar-refractivity contribution in [2.24, 2.45) is 0 Å². The van der Waals surface area contributed by atoms with Gasteiger partial charge < -0.3 is 10.1 Å². The zero-order valence-electron chi connectivity index (χ0n) is 8.09. The molecule has 1 aromatic carbocycles. The van der Waals surface area contributed by atoms with E-state index in [0.29, 0.717) is 0 Å². The minimum atomic E-state index is -5.00. The van der Waals surface area contributed by atoms with Gasteiger partial charge in [0.25, 0.3) is 0 Å². The largest absolute Gasteiger partial charge is 0.471 e. The number of nitrogens with one attached hydrogen (secondary N) is 1. The van der Waals surface area contributed by atoms with Gasteiger partial charge in [0.15, 0.2) is 0 Å². The summed E-state index contributed by atoms with van der Waals surface area (Å²) in [5.41, 5.74) is -0.172. The maximum Gasteiger partial charge on any atom is 0.471 e. The minimum Gasteiger partial charge on any atom is -0.435 e. The maximum absolute atomic E-state index is 11.9. The van der Waals surface area contributed by atoms with Crippen molar-refractivity contribution in [1.82, 2.24) is 0 Å². The van der Waals surface area contributed by atoms with Crippen molar-refractivity contribution < 1.29 is 31.5 Å². The van der Waals surface area contributed by atoms with Crippen LogP contribution in [0.15, 0.2) is 24.3 Å². The molecule has 0 aliphatic carbocycles. The second-order valence-corrected chi connectivity index (χ2v) is 2.85. The molecule has 0 aromatic heterocycles. The van der Waals surface area contributed by atoms with Gasteiger partial charge in [0.1, 0.15) is 5.75 Å². The van der Waals surface area contributed by atoms with Gasteiger partial charge in [0.2, 0.25) is 0 Å². The van der Waals surface area contributed by atoms with E-state index in [2.05, 4.69) is 4.74 Å². The van der Waals surface area contributed by atoms with E-state index in [-0.39, 0.29) is 11.4 Å². The molecule has 0 unspecified atom stereocenters. The van der Waals surface area contributed by atoms with Crippen molar-refractivity contribution in [3.05, 3.63) is 24.3 Å². The Bertz CT molecular complexity index is 387. The highest BCUT2D eigenvalue weighted by atomic mass is 19.4. The van der Waals surface area contributed by atoms with Crippen LogP contribution in [-0.2, 0) is 4.79 Å². The van der Waals surface area contributed by atoms with Crippen molar-refractivity contribution in [1.29, 1.82) is 0 Å². The zero-order valence-corrected chi connectivity index (χ0v) is 8.09. The Morgan fingerprint density at radius 1 is 1.18 bits per heavy atom. The van der Waals surface area contributed by atoms with Gasteiger partial charge in [-0.25, -0.2) is 0 Å². The van der Waals surface area contributed by atoms with Crippen molar-refractivity contribution >= 4 is 11.6 Å². The quantitative estimate of drug-likeness (QED) is 0.843. The Kier molecular flexibility index (Phi) is 3.87. The first kappa shape index (κ1) is 13.2. The van der Waals surface area contributed by atoms with Gasteiger partial charge in [-0.1, -0.05) is 0 Å². The fraction of sp³-hybridized carbons (Fsp3) is 0.222. The van der Waals surface area contributed by atoms with Gasteiger partial charge in [-0.3, -0.25) is 4.79 Å². The van der Waals surface area contributed by atoms with E-state index in [0.717, 1.165) is 24.3 Å². The molecule has 8 heteroatoms. The molecule has 0 fully saturated rings. The number of hydrogen-bond donors (Lipinski definition) is 1. The van der Waals surface area contributed by atoms with E-state index in [1.54, 1.807) is 5.32 Å². The zero-order chi connectivity index (χ0) is 13.1. The van der Waals surface area contributed by atoms with E-state index in [9.17, 15) is 26.7 Å². The van der Waals surface area contributed by atoms with E-state index in [4.69, 9.17) is 0 Å². The van der Waals surface area contributed by atoms with E-state index >= 15 is 0 Å². The Hall–Kier alpha value is -1.86. The van der Waals surface area contributed by atoms with Crippen LogP contribution in [0.1, 0.15) is 0 Å². The predicted molar refractivity (Wildman–Crippen MR) is 47.8 cm³/mol. The Morgan fingerprint density at radius 2 is 1.71 bits per heavy atom. The summed E-state index contributed by atoms with van der Waals surface area (Å²) in [6.45, 7) is -3.02. The second-order valence-electron chi connectivity index (χ2n) is 2.85. The summed E-state index contributed by atoms with van der Waals surface area (Å²) in [4.78, 5) is 10.5. The molecule has 1 amide bonds. The molecule has 94 valence electrons. The van der Waals surface area contributed by atoms with Crippen LogP contribution in [0, 0.1) is 0 Å². The number of ether oxygens (including phenoxy) is 1. The van der Waals surface area contributed by atoms with Crippen LogP contribution in [0.25, 0.3) is 0 Å². The van der Waals surface area contributed by atoms with Crippen molar-refractivity contribution in [3.8, 4) is 5.75 Å². The molecular weight excluding hydrogens is 249 g/mol. The summed E-state index contributed by atoms with van der Waals surface area (Å²) in [6.07, 6.45) is -5.00. The van der Waals surface area contributed by atoms with Crippen LogP contribution >= 0.6 is 0 Å². The highest BCUT2D eigenvalue weighted by Crippen LogP contribution is 2.21. The highest BCUT2D eigenvalue weighted by Gasteiger charge is 2.38. The topological polar surface area (TPSA) is 38.3 Å². The summed E-state index contributed by atoms with van der Waals surface area (Å²) in [5.74, 6) is -2.36. The van der Waals surface area contributed by atoms with Gasteiger partial charge in [-0.05, 0) is 24.3 Å². The lowest BCUT2D eigenvalue weighted by molar-refractivity contribution is -0.167. The minimum absolute atomic E-state index is 0.172. The van der Waals surface area contributed by atoms with Crippen LogP contribution in [0.2, 0.25) is 0 Å². The second kappa shape index (κ2) is 4.98. The third-order valence-electron chi connectivity index (χ3n) is 1.59. The third kappa shape index (κ3) is 4.25. The number of anilines is 1. The Labute approximate surface area is 92.2 Å². The lowest BCUT2D eigenvalue weighted by Gasteiger charge is -2.08. The first-order chi connectivity index (χ1) is 7.79. The van der Waals surface area contributed by atoms with Crippen molar-refractivity contribution in [3.63, 3.8) is 0 Å². The summed E-state index contributed by atoms with van der Waals surface area (Å²) < 4.78 is 63.0. The molecule has 0 aliphatic rings. The van der Waals surface area contributed by atoms with Gasteiger partial charge in [0, 0.05) is 5.69 Å². The van der Waals surface area contributed by atoms with Crippen LogP contribution in [0.5, 0.6) is 5.75 Å². The average molecular weight is 255 g/mol. The number of alkyl halides is 5. The molecule has 1 rings (SSSR count). The molecule has 0 spiro atoms. The van der Waals surface area contributed by atoms with E-state index < -0.39 is 18.7 Å². The number of rotatable bonds is 3. The van der Waals surface area contributed by atoms with E-state index in [1.165, 1.54) is 0 Å². The van der Waals surface area contributed by atoms with Crippen LogP contribution < -0.4 is 10.1 Å². The summed E-state index contributed by atoms with van der Waals surface area (Å²) in [5, 5.41) is 1.56. The molecule has 0 atom stereocenters. The average Bonchev–Trinajstić information content (AvgIpc) is 2.18. The highest BCUT2D eigenvalue weighted by molar-refractivity contribution is 5.94. The molecule has 17 heavy (non-hydrogen) atoms. The predicted octanol–water partition coefficient (Wildman–Crippen LogP) is 2.79. The number of halogens is 5. The van der Waals surface area contributed by atoms with Gasteiger partial charge >= 0.3 is 18.7 Å². The molecule has 3 nitrogen and oxygen atoms in total. The normalized spacial score (nSPS) is 11.4. The van der Waals surface area contributed by atoms with Gasteiger partial charge in [-0.15, -0.1) is 0 Å². The number of hydrogen-bond acceptors (Lipinski definition) is 2. The van der Waals surface area contributed by atoms with Crippen molar-refractivity contribution in [2.75, 3.05) is 5.32 Å². The standard InChI is InChI=1S/C9H6F5NO2/c10-8(11)17-6-3-1-5(2-4-6)15-7(16)9(12,13)14/h1-4,8H,(H,15,16). The monoisotopic (exact) mass is 255 g/mol. The number of carbonyl (C=O) groups excluding carboxylic acids is 1. The molecule has 0 saturated carbocycles. The van der Waals surface area contributed by atoms with Crippen LogP contribution in [0.4, 0.5) is 27.6 Å². The summed E-state index contributed by atoms with van der Waals surface area (Å²) >= 11 is 0. The fourth-order valence-electron chi connectivity index (χ4n) is 0.922. The lowest BCUT2D eigenvalue weighted by Crippen LogP contribution is -2.29. The molecule has 0 radical (unpaired) electrons. The molecule has 0 bridgehead atoms.